The third-order valence-corrected chi connectivity index (χ3v) is 3.84. The van der Waals surface area contributed by atoms with Crippen LogP contribution in [0.3, 0.4) is 0 Å². The quantitative estimate of drug-likeness (QED) is 0.849. The van der Waals surface area contributed by atoms with Crippen molar-refractivity contribution in [3.63, 3.8) is 0 Å². The van der Waals surface area contributed by atoms with Gasteiger partial charge in [-0.15, -0.1) is 0 Å². The van der Waals surface area contributed by atoms with E-state index in [1.165, 1.54) is 5.39 Å². The molecule has 1 fully saturated rings. The minimum absolute atomic E-state index is 0.247. The summed E-state index contributed by atoms with van der Waals surface area (Å²) in [4.78, 5) is 11.3. The summed E-state index contributed by atoms with van der Waals surface area (Å²) >= 11 is 0. The number of anilines is 1. The van der Waals surface area contributed by atoms with Crippen LogP contribution in [0.5, 0.6) is 0 Å². The van der Waals surface area contributed by atoms with Gasteiger partial charge < -0.3 is 10.6 Å². The number of aromatic nitrogens is 2. The molecule has 1 unspecified atom stereocenters. The van der Waals surface area contributed by atoms with Gasteiger partial charge in [-0.25, -0.2) is 0 Å². The molecule has 3 rings (SSSR count). The predicted octanol–water partition coefficient (Wildman–Crippen LogP) is 2.11. The second-order valence-electron chi connectivity index (χ2n) is 5.63. The van der Waals surface area contributed by atoms with Crippen LogP contribution in [0.1, 0.15) is 19.0 Å². The minimum atomic E-state index is 0.247. The zero-order chi connectivity index (χ0) is 13.4. The maximum Gasteiger partial charge on any atom is 0.0935 e. The lowest BCUT2D eigenvalue weighted by atomic mass is 9.96. The van der Waals surface area contributed by atoms with Gasteiger partial charge in [-0.2, -0.15) is 0 Å². The van der Waals surface area contributed by atoms with Crippen LogP contribution in [0.25, 0.3) is 10.9 Å². The molecule has 2 aromatic heterocycles. The molecule has 4 nitrogen and oxygen atoms in total. The molecule has 19 heavy (non-hydrogen) atoms. The summed E-state index contributed by atoms with van der Waals surface area (Å²) in [6, 6.07) is 4.35. The standard InChI is InChI=1S/C15H20N4/c1-10-6-12(16)9-19(8-10)14-7-18-11(2)15-13(14)4-3-5-17-15/h3-5,7,10,12H,6,8-9,16H2,1-2H3/t10?,12-/m1/s1. The first kappa shape index (κ1) is 12.4. The molecule has 0 bridgehead atoms. The van der Waals surface area contributed by atoms with Crippen molar-refractivity contribution in [2.45, 2.75) is 26.3 Å². The van der Waals surface area contributed by atoms with Crippen molar-refractivity contribution < 1.29 is 0 Å². The van der Waals surface area contributed by atoms with E-state index in [1.54, 1.807) is 0 Å². The van der Waals surface area contributed by atoms with E-state index >= 15 is 0 Å². The van der Waals surface area contributed by atoms with Crippen molar-refractivity contribution in [3.05, 3.63) is 30.2 Å². The Hall–Kier alpha value is -1.68. The number of nitrogens with zero attached hydrogens (tertiary/aromatic N) is 3. The molecule has 0 aliphatic carbocycles. The monoisotopic (exact) mass is 256 g/mol. The van der Waals surface area contributed by atoms with E-state index in [0.717, 1.165) is 36.4 Å². The van der Waals surface area contributed by atoms with Crippen LogP contribution in [0.2, 0.25) is 0 Å². The molecule has 1 aliphatic heterocycles. The summed E-state index contributed by atoms with van der Waals surface area (Å²) in [5.41, 5.74) is 9.28. The van der Waals surface area contributed by atoms with E-state index in [4.69, 9.17) is 5.73 Å². The van der Waals surface area contributed by atoms with Crippen molar-refractivity contribution in [1.82, 2.24) is 9.97 Å². The molecule has 0 radical (unpaired) electrons. The molecule has 2 aromatic rings. The summed E-state index contributed by atoms with van der Waals surface area (Å²) in [6.07, 6.45) is 4.89. The Bertz CT molecular complexity index is 586. The first-order chi connectivity index (χ1) is 9.15. The lowest BCUT2D eigenvalue weighted by molar-refractivity contribution is 0.402. The molecule has 1 aliphatic rings. The molecular formula is C15H20N4. The van der Waals surface area contributed by atoms with E-state index in [-0.39, 0.29) is 6.04 Å². The number of nitrogens with two attached hydrogens (primary N) is 1. The van der Waals surface area contributed by atoms with Crippen molar-refractivity contribution in [1.29, 1.82) is 0 Å². The van der Waals surface area contributed by atoms with E-state index < -0.39 is 0 Å². The average molecular weight is 256 g/mol. The van der Waals surface area contributed by atoms with Gasteiger partial charge in [0.25, 0.3) is 0 Å². The molecule has 3 heterocycles. The van der Waals surface area contributed by atoms with Gasteiger partial charge in [0.05, 0.1) is 23.1 Å². The van der Waals surface area contributed by atoms with Crippen LogP contribution in [-0.2, 0) is 0 Å². The second-order valence-corrected chi connectivity index (χ2v) is 5.63. The zero-order valence-electron chi connectivity index (χ0n) is 11.5. The van der Waals surface area contributed by atoms with Gasteiger partial charge in [0.2, 0.25) is 0 Å². The fourth-order valence-corrected chi connectivity index (χ4v) is 3.04. The number of piperidine rings is 1. The maximum absolute atomic E-state index is 6.15. The van der Waals surface area contributed by atoms with Gasteiger partial charge in [-0.3, -0.25) is 9.97 Å². The Labute approximate surface area is 113 Å². The highest BCUT2D eigenvalue weighted by atomic mass is 15.2. The molecule has 100 valence electrons. The molecule has 1 saturated heterocycles. The normalized spacial score (nSPS) is 23.8. The Morgan fingerprint density at radius 3 is 2.95 bits per heavy atom. The highest BCUT2D eigenvalue weighted by Gasteiger charge is 2.24. The topological polar surface area (TPSA) is 55.0 Å². The van der Waals surface area contributed by atoms with Crippen molar-refractivity contribution >= 4 is 16.6 Å². The number of pyridine rings is 2. The SMILES string of the molecule is Cc1ncc(N2CC(C)C[C@@H](N)C2)c2cccnc12. The van der Waals surface area contributed by atoms with Crippen LogP contribution in [-0.4, -0.2) is 29.1 Å². The van der Waals surface area contributed by atoms with Gasteiger partial charge in [0, 0.05) is 30.7 Å². The largest absolute Gasteiger partial charge is 0.368 e. The van der Waals surface area contributed by atoms with Gasteiger partial charge >= 0.3 is 0 Å². The van der Waals surface area contributed by atoms with Crippen LogP contribution in [0.15, 0.2) is 24.5 Å². The Kier molecular flexibility index (Phi) is 3.11. The maximum atomic E-state index is 6.15. The smallest absolute Gasteiger partial charge is 0.0935 e. The summed E-state index contributed by atoms with van der Waals surface area (Å²) in [6.45, 7) is 6.21. The van der Waals surface area contributed by atoms with E-state index in [2.05, 4.69) is 27.9 Å². The summed E-state index contributed by atoms with van der Waals surface area (Å²) in [5, 5.41) is 1.18. The second kappa shape index (κ2) is 4.78. The lowest BCUT2D eigenvalue weighted by Gasteiger charge is -2.36. The zero-order valence-corrected chi connectivity index (χ0v) is 11.5. The van der Waals surface area contributed by atoms with Gasteiger partial charge in [-0.05, 0) is 31.4 Å². The molecule has 2 N–H and O–H groups in total. The highest BCUT2D eigenvalue weighted by molar-refractivity contribution is 5.92. The average Bonchev–Trinajstić information content (AvgIpc) is 2.38. The van der Waals surface area contributed by atoms with Crippen LogP contribution in [0, 0.1) is 12.8 Å². The van der Waals surface area contributed by atoms with Crippen molar-refractivity contribution in [2.24, 2.45) is 11.7 Å². The minimum Gasteiger partial charge on any atom is -0.368 e. The summed E-state index contributed by atoms with van der Waals surface area (Å²) in [7, 11) is 0. The molecular weight excluding hydrogens is 236 g/mol. The molecule has 4 heteroatoms. The molecule has 0 amide bonds. The van der Waals surface area contributed by atoms with Gasteiger partial charge in [0.1, 0.15) is 0 Å². The first-order valence-electron chi connectivity index (χ1n) is 6.86. The number of fused-ring (bicyclic) bond motifs is 1. The first-order valence-corrected chi connectivity index (χ1v) is 6.86. The third-order valence-electron chi connectivity index (χ3n) is 3.84. The Morgan fingerprint density at radius 2 is 2.16 bits per heavy atom. The van der Waals surface area contributed by atoms with Gasteiger partial charge in [-0.1, -0.05) is 6.92 Å². The number of rotatable bonds is 1. The van der Waals surface area contributed by atoms with Crippen molar-refractivity contribution in [3.8, 4) is 0 Å². The van der Waals surface area contributed by atoms with Gasteiger partial charge in [0.15, 0.2) is 0 Å². The summed E-state index contributed by atoms with van der Waals surface area (Å²) < 4.78 is 0. The highest BCUT2D eigenvalue weighted by Crippen LogP contribution is 2.29. The fraction of sp³-hybridized carbons (Fsp3) is 0.467. The van der Waals surface area contributed by atoms with Crippen LogP contribution >= 0.6 is 0 Å². The number of hydrogen-bond donors (Lipinski definition) is 1. The van der Waals surface area contributed by atoms with E-state index in [1.807, 2.05) is 25.4 Å². The fourth-order valence-electron chi connectivity index (χ4n) is 3.04. The van der Waals surface area contributed by atoms with E-state index in [0.29, 0.717) is 5.92 Å². The van der Waals surface area contributed by atoms with Crippen molar-refractivity contribution in [2.75, 3.05) is 18.0 Å². The number of aryl methyl sites for hydroxylation is 1. The van der Waals surface area contributed by atoms with E-state index in [9.17, 15) is 0 Å². The predicted molar refractivity (Wildman–Crippen MR) is 78.2 cm³/mol. The molecule has 0 aromatic carbocycles. The van der Waals surface area contributed by atoms with Crippen LogP contribution in [0.4, 0.5) is 5.69 Å². The molecule has 2 atom stereocenters. The Morgan fingerprint density at radius 1 is 1.32 bits per heavy atom. The lowest BCUT2D eigenvalue weighted by Crippen LogP contribution is -2.46. The molecule has 0 saturated carbocycles. The molecule has 0 spiro atoms. The Balaban J connectivity index is 2.07. The number of hydrogen-bond acceptors (Lipinski definition) is 4. The van der Waals surface area contributed by atoms with Crippen LogP contribution < -0.4 is 10.6 Å². The summed E-state index contributed by atoms with van der Waals surface area (Å²) in [5.74, 6) is 0.622. The third kappa shape index (κ3) is 2.28.